The van der Waals surface area contributed by atoms with E-state index in [1.165, 1.54) is 25.3 Å². The van der Waals surface area contributed by atoms with Crippen LogP contribution < -0.4 is 4.74 Å². The van der Waals surface area contributed by atoms with Crippen LogP contribution in [0.3, 0.4) is 0 Å². The number of benzene rings is 2. The first kappa shape index (κ1) is 15.1. The van der Waals surface area contributed by atoms with Crippen LogP contribution in [0.4, 0.5) is 13.2 Å². The molecule has 0 aliphatic carbocycles. The zero-order valence-electron chi connectivity index (χ0n) is 12.3. The minimum absolute atomic E-state index is 0.153. The molecule has 0 amide bonds. The lowest BCUT2D eigenvalue weighted by atomic mass is 10.1. The molecule has 3 rings (SSSR count). The highest BCUT2D eigenvalue weighted by molar-refractivity contribution is 5.60. The van der Waals surface area contributed by atoms with E-state index in [1.807, 2.05) is 0 Å². The SMILES string of the molecule is COc1ccc(-c2ccnn2Cc2ccc(F)c(F)c2)cc1F. The van der Waals surface area contributed by atoms with E-state index in [0.717, 1.165) is 12.1 Å². The standard InChI is InChI=1S/C17H13F3N2O/c1-23-17-5-3-12(9-15(17)20)16-6-7-21-22(16)10-11-2-4-13(18)14(19)8-11/h2-9H,10H2,1H3. The van der Waals surface area contributed by atoms with Crippen LogP contribution >= 0.6 is 0 Å². The molecule has 0 aliphatic heterocycles. The van der Waals surface area contributed by atoms with Gasteiger partial charge in [-0.25, -0.2) is 13.2 Å². The van der Waals surface area contributed by atoms with Gasteiger partial charge in [0.05, 0.1) is 19.3 Å². The summed E-state index contributed by atoms with van der Waals surface area (Å²) >= 11 is 0. The summed E-state index contributed by atoms with van der Waals surface area (Å²) in [4.78, 5) is 0. The first-order valence-electron chi connectivity index (χ1n) is 6.88. The van der Waals surface area contributed by atoms with E-state index in [1.54, 1.807) is 23.0 Å². The van der Waals surface area contributed by atoms with Crippen molar-refractivity contribution in [2.75, 3.05) is 7.11 Å². The molecule has 2 aromatic carbocycles. The number of rotatable bonds is 4. The van der Waals surface area contributed by atoms with Gasteiger partial charge in [0.2, 0.25) is 0 Å². The van der Waals surface area contributed by atoms with Crippen LogP contribution in [0.1, 0.15) is 5.56 Å². The van der Waals surface area contributed by atoms with Crippen molar-refractivity contribution in [3.63, 3.8) is 0 Å². The second-order valence-electron chi connectivity index (χ2n) is 4.97. The lowest BCUT2D eigenvalue weighted by Gasteiger charge is -2.09. The maximum absolute atomic E-state index is 13.9. The maximum atomic E-state index is 13.9. The summed E-state index contributed by atoms with van der Waals surface area (Å²) in [5, 5.41) is 4.16. The van der Waals surface area contributed by atoms with Crippen molar-refractivity contribution in [3.05, 3.63) is 71.7 Å². The van der Waals surface area contributed by atoms with E-state index >= 15 is 0 Å². The number of aromatic nitrogens is 2. The van der Waals surface area contributed by atoms with Crippen molar-refractivity contribution in [3.8, 4) is 17.0 Å². The van der Waals surface area contributed by atoms with Gasteiger partial charge in [0, 0.05) is 11.8 Å². The highest BCUT2D eigenvalue weighted by Crippen LogP contribution is 2.26. The molecule has 3 nitrogen and oxygen atoms in total. The third kappa shape index (κ3) is 3.06. The number of methoxy groups -OCH3 is 1. The Labute approximate surface area is 130 Å². The Bertz CT molecular complexity index is 846. The van der Waals surface area contributed by atoms with Crippen molar-refractivity contribution >= 4 is 0 Å². The summed E-state index contributed by atoms with van der Waals surface area (Å²) in [6.07, 6.45) is 1.57. The molecule has 3 aromatic rings. The Balaban J connectivity index is 1.93. The van der Waals surface area contributed by atoms with E-state index in [4.69, 9.17) is 4.74 Å². The lowest BCUT2D eigenvalue weighted by molar-refractivity contribution is 0.386. The van der Waals surface area contributed by atoms with Gasteiger partial charge >= 0.3 is 0 Å². The van der Waals surface area contributed by atoms with Crippen molar-refractivity contribution in [1.82, 2.24) is 9.78 Å². The smallest absolute Gasteiger partial charge is 0.165 e. The van der Waals surface area contributed by atoms with E-state index in [0.29, 0.717) is 16.8 Å². The minimum Gasteiger partial charge on any atom is -0.494 e. The molecule has 0 fully saturated rings. The second-order valence-corrected chi connectivity index (χ2v) is 4.97. The van der Waals surface area contributed by atoms with Gasteiger partial charge in [0.25, 0.3) is 0 Å². The maximum Gasteiger partial charge on any atom is 0.165 e. The molecule has 0 saturated carbocycles. The Kier molecular flexibility index (Phi) is 4.06. The molecule has 1 aromatic heterocycles. The largest absolute Gasteiger partial charge is 0.494 e. The molecule has 0 unspecified atom stereocenters. The Morgan fingerprint density at radius 2 is 1.78 bits per heavy atom. The number of hydrogen-bond donors (Lipinski definition) is 0. The van der Waals surface area contributed by atoms with Crippen molar-refractivity contribution < 1.29 is 17.9 Å². The fraction of sp³-hybridized carbons (Fsp3) is 0.118. The Morgan fingerprint density at radius 3 is 2.48 bits per heavy atom. The van der Waals surface area contributed by atoms with Gasteiger partial charge in [-0.05, 0) is 42.0 Å². The molecule has 0 radical (unpaired) electrons. The summed E-state index contributed by atoms with van der Waals surface area (Å²) in [6.45, 7) is 0.243. The lowest BCUT2D eigenvalue weighted by Crippen LogP contribution is -2.04. The Morgan fingerprint density at radius 1 is 0.957 bits per heavy atom. The molecule has 0 saturated heterocycles. The molecular weight excluding hydrogens is 305 g/mol. The summed E-state index contributed by atoms with van der Waals surface area (Å²) < 4.78 is 46.6. The first-order chi connectivity index (χ1) is 11.1. The fourth-order valence-corrected chi connectivity index (χ4v) is 2.34. The molecule has 0 spiro atoms. The Hall–Kier alpha value is -2.76. The van der Waals surface area contributed by atoms with Crippen LogP contribution in [-0.4, -0.2) is 16.9 Å². The zero-order chi connectivity index (χ0) is 16.4. The van der Waals surface area contributed by atoms with Crippen LogP contribution in [0, 0.1) is 17.5 Å². The molecule has 0 bridgehead atoms. The van der Waals surface area contributed by atoms with E-state index < -0.39 is 17.5 Å². The van der Waals surface area contributed by atoms with Crippen LogP contribution in [-0.2, 0) is 6.54 Å². The highest BCUT2D eigenvalue weighted by atomic mass is 19.2. The van der Waals surface area contributed by atoms with E-state index in [-0.39, 0.29) is 12.3 Å². The summed E-state index contributed by atoms with van der Waals surface area (Å²) in [5.74, 6) is -2.13. The summed E-state index contributed by atoms with van der Waals surface area (Å²) in [6, 6.07) is 9.98. The number of halogens is 3. The van der Waals surface area contributed by atoms with Gasteiger partial charge in [0.1, 0.15) is 0 Å². The second kappa shape index (κ2) is 6.16. The molecular formula is C17H13F3N2O. The van der Waals surface area contributed by atoms with Gasteiger partial charge in [0.15, 0.2) is 23.2 Å². The quantitative estimate of drug-likeness (QED) is 0.726. The predicted molar refractivity (Wildman–Crippen MR) is 79.6 cm³/mol. The van der Waals surface area contributed by atoms with Crippen LogP contribution in [0.15, 0.2) is 48.7 Å². The molecule has 0 N–H and O–H groups in total. The van der Waals surface area contributed by atoms with E-state index in [9.17, 15) is 13.2 Å². The van der Waals surface area contributed by atoms with Gasteiger partial charge < -0.3 is 4.74 Å². The first-order valence-corrected chi connectivity index (χ1v) is 6.88. The third-order valence-electron chi connectivity index (χ3n) is 3.48. The average Bonchev–Trinajstić information content (AvgIpc) is 2.99. The van der Waals surface area contributed by atoms with Crippen molar-refractivity contribution in [2.24, 2.45) is 0 Å². The monoisotopic (exact) mass is 318 g/mol. The van der Waals surface area contributed by atoms with Crippen LogP contribution in [0.5, 0.6) is 5.75 Å². The molecule has 118 valence electrons. The van der Waals surface area contributed by atoms with E-state index in [2.05, 4.69) is 5.10 Å². The fourth-order valence-electron chi connectivity index (χ4n) is 2.34. The van der Waals surface area contributed by atoms with Crippen molar-refractivity contribution in [2.45, 2.75) is 6.54 Å². The number of nitrogens with zero attached hydrogens (tertiary/aromatic N) is 2. The third-order valence-corrected chi connectivity index (χ3v) is 3.48. The van der Waals surface area contributed by atoms with Crippen LogP contribution in [0.25, 0.3) is 11.3 Å². The van der Waals surface area contributed by atoms with Gasteiger partial charge in [-0.1, -0.05) is 6.07 Å². The molecule has 23 heavy (non-hydrogen) atoms. The van der Waals surface area contributed by atoms with Gasteiger partial charge in [-0.2, -0.15) is 5.10 Å². The number of hydrogen-bond acceptors (Lipinski definition) is 2. The minimum atomic E-state index is -0.910. The predicted octanol–water partition coefficient (Wildman–Crippen LogP) is 4.02. The highest BCUT2D eigenvalue weighted by Gasteiger charge is 2.11. The molecule has 0 atom stereocenters. The summed E-state index contributed by atoms with van der Waals surface area (Å²) in [7, 11) is 1.39. The number of ether oxygens (including phenoxy) is 1. The molecule has 6 heteroatoms. The summed E-state index contributed by atoms with van der Waals surface area (Å²) in [5.41, 5.74) is 1.84. The molecule has 0 aliphatic rings. The van der Waals surface area contributed by atoms with Gasteiger partial charge in [-0.3, -0.25) is 4.68 Å². The zero-order valence-corrected chi connectivity index (χ0v) is 12.3. The average molecular weight is 318 g/mol. The van der Waals surface area contributed by atoms with Crippen molar-refractivity contribution in [1.29, 1.82) is 0 Å². The van der Waals surface area contributed by atoms with Crippen LogP contribution in [0.2, 0.25) is 0 Å². The normalized spacial score (nSPS) is 10.8. The van der Waals surface area contributed by atoms with Gasteiger partial charge in [-0.15, -0.1) is 0 Å². The topological polar surface area (TPSA) is 27.1 Å². The molecule has 1 heterocycles.